The molecule has 0 bridgehead atoms. The first-order chi connectivity index (χ1) is 6.33. The minimum atomic E-state index is 0.0583. The molecule has 1 aliphatic heterocycles. The third kappa shape index (κ3) is 1.22. The summed E-state index contributed by atoms with van der Waals surface area (Å²) in [5.74, 6) is 0.0583. The zero-order chi connectivity index (χ0) is 9.26. The Balaban J connectivity index is 2.32. The molecule has 0 radical (unpaired) electrons. The quantitative estimate of drug-likeness (QED) is 0.632. The first-order valence-electron chi connectivity index (χ1n) is 4.16. The molecule has 0 atom stereocenters. The number of carbonyl (C=O) groups excluding carboxylic acids is 1. The zero-order valence-electron chi connectivity index (χ0n) is 7.23. The van der Waals surface area contributed by atoms with Crippen LogP contribution in [-0.4, -0.2) is 22.3 Å². The Labute approximate surface area is 76.7 Å². The third-order valence-corrected chi connectivity index (χ3v) is 2.14. The number of nitrogens with zero attached hydrogens (tertiary/aromatic N) is 2. The van der Waals surface area contributed by atoms with Crippen LogP contribution >= 0.6 is 0 Å². The Hall–Kier alpha value is -1.64. The lowest BCUT2D eigenvalue weighted by atomic mass is 10.2. The third-order valence-electron chi connectivity index (χ3n) is 2.14. The van der Waals surface area contributed by atoms with E-state index >= 15 is 0 Å². The highest BCUT2D eigenvalue weighted by Crippen LogP contribution is 2.20. The predicted octanol–water partition coefficient (Wildman–Crippen LogP) is 1.22. The van der Waals surface area contributed by atoms with Gasteiger partial charge in [-0.1, -0.05) is 6.08 Å². The number of rotatable bonds is 2. The molecule has 1 aliphatic rings. The van der Waals surface area contributed by atoms with Crippen LogP contribution in [0.5, 0.6) is 0 Å². The SMILES string of the molecule is C=CCN1Cc2ccncc2C1=O. The van der Waals surface area contributed by atoms with Gasteiger partial charge in [0.1, 0.15) is 0 Å². The molecular formula is C10H10N2O. The molecule has 3 heteroatoms. The van der Waals surface area contributed by atoms with E-state index in [-0.39, 0.29) is 5.91 Å². The van der Waals surface area contributed by atoms with Gasteiger partial charge in [-0.15, -0.1) is 6.58 Å². The fourth-order valence-corrected chi connectivity index (χ4v) is 1.50. The van der Waals surface area contributed by atoms with Crippen molar-refractivity contribution in [2.75, 3.05) is 6.54 Å². The van der Waals surface area contributed by atoms with Crippen LogP contribution in [0.2, 0.25) is 0 Å². The van der Waals surface area contributed by atoms with Crippen molar-refractivity contribution in [2.24, 2.45) is 0 Å². The molecular weight excluding hydrogens is 164 g/mol. The average molecular weight is 174 g/mol. The molecule has 66 valence electrons. The lowest BCUT2D eigenvalue weighted by Gasteiger charge is -2.11. The van der Waals surface area contributed by atoms with Crippen molar-refractivity contribution in [1.29, 1.82) is 0 Å². The maximum Gasteiger partial charge on any atom is 0.256 e. The van der Waals surface area contributed by atoms with Crippen molar-refractivity contribution in [3.8, 4) is 0 Å². The first-order valence-corrected chi connectivity index (χ1v) is 4.16. The van der Waals surface area contributed by atoms with Crippen LogP contribution in [0.3, 0.4) is 0 Å². The molecule has 0 fully saturated rings. The van der Waals surface area contributed by atoms with E-state index in [9.17, 15) is 4.79 Å². The summed E-state index contributed by atoms with van der Waals surface area (Å²) in [6.45, 7) is 4.90. The molecule has 0 aliphatic carbocycles. The Morgan fingerprint density at radius 2 is 2.54 bits per heavy atom. The average Bonchev–Trinajstić information content (AvgIpc) is 2.46. The summed E-state index contributed by atoms with van der Waals surface area (Å²) < 4.78 is 0. The molecule has 2 heterocycles. The van der Waals surface area contributed by atoms with Crippen LogP contribution in [0, 0.1) is 0 Å². The molecule has 0 aromatic carbocycles. The van der Waals surface area contributed by atoms with Crippen LogP contribution < -0.4 is 0 Å². The van der Waals surface area contributed by atoms with E-state index in [1.54, 1.807) is 23.4 Å². The summed E-state index contributed by atoms with van der Waals surface area (Å²) in [6, 6.07) is 1.89. The number of amides is 1. The summed E-state index contributed by atoms with van der Waals surface area (Å²) in [6.07, 6.45) is 5.07. The molecule has 1 aromatic heterocycles. The van der Waals surface area contributed by atoms with Gasteiger partial charge in [-0.3, -0.25) is 9.78 Å². The fourth-order valence-electron chi connectivity index (χ4n) is 1.50. The number of hydrogen-bond acceptors (Lipinski definition) is 2. The summed E-state index contributed by atoms with van der Waals surface area (Å²) >= 11 is 0. The topological polar surface area (TPSA) is 33.2 Å². The molecule has 3 nitrogen and oxygen atoms in total. The van der Waals surface area contributed by atoms with Gasteiger partial charge in [0, 0.05) is 25.5 Å². The molecule has 2 rings (SSSR count). The molecule has 0 spiro atoms. The Kier molecular flexibility index (Phi) is 1.85. The zero-order valence-corrected chi connectivity index (χ0v) is 7.23. The number of hydrogen-bond donors (Lipinski definition) is 0. The standard InChI is InChI=1S/C10H10N2O/c1-2-5-12-7-8-3-4-11-6-9(8)10(12)13/h2-4,6H,1,5,7H2. The number of carbonyl (C=O) groups is 1. The maximum absolute atomic E-state index is 11.6. The van der Waals surface area contributed by atoms with E-state index < -0.39 is 0 Å². The van der Waals surface area contributed by atoms with Crippen LogP contribution in [0.1, 0.15) is 15.9 Å². The van der Waals surface area contributed by atoms with E-state index in [2.05, 4.69) is 11.6 Å². The van der Waals surface area contributed by atoms with Crippen molar-refractivity contribution in [3.63, 3.8) is 0 Å². The molecule has 0 unspecified atom stereocenters. The maximum atomic E-state index is 11.6. The molecule has 0 N–H and O–H groups in total. The van der Waals surface area contributed by atoms with E-state index in [1.807, 2.05) is 6.07 Å². The van der Waals surface area contributed by atoms with E-state index in [0.29, 0.717) is 13.1 Å². The van der Waals surface area contributed by atoms with Gasteiger partial charge in [0.25, 0.3) is 5.91 Å². The predicted molar refractivity (Wildman–Crippen MR) is 49.2 cm³/mol. The van der Waals surface area contributed by atoms with E-state index in [1.165, 1.54) is 0 Å². The van der Waals surface area contributed by atoms with Crippen molar-refractivity contribution in [1.82, 2.24) is 9.88 Å². The highest BCUT2D eigenvalue weighted by atomic mass is 16.2. The second-order valence-corrected chi connectivity index (χ2v) is 3.01. The number of fused-ring (bicyclic) bond motifs is 1. The van der Waals surface area contributed by atoms with Gasteiger partial charge >= 0.3 is 0 Å². The van der Waals surface area contributed by atoms with Crippen molar-refractivity contribution >= 4 is 5.91 Å². The Morgan fingerprint density at radius 1 is 1.69 bits per heavy atom. The lowest BCUT2D eigenvalue weighted by Crippen LogP contribution is -2.23. The summed E-state index contributed by atoms with van der Waals surface area (Å²) in [7, 11) is 0. The van der Waals surface area contributed by atoms with Crippen LogP contribution in [-0.2, 0) is 6.54 Å². The molecule has 0 saturated heterocycles. The van der Waals surface area contributed by atoms with E-state index in [0.717, 1.165) is 11.1 Å². The monoisotopic (exact) mass is 174 g/mol. The highest BCUT2D eigenvalue weighted by Gasteiger charge is 2.25. The minimum Gasteiger partial charge on any atom is -0.331 e. The highest BCUT2D eigenvalue weighted by molar-refractivity contribution is 5.98. The summed E-state index contributed by atoms with van der Waals surface area (Å²) in [5, 5.41) is 0. The van der Waals surface area contributed by atoms with Gasteiger partial charge in [0.15, 0.2) is 0 Å². The summed E-state index contributed by atoms with van der Waals surface area (Å²) in [4.78, 5) is 17.3. The van der Waals surface area contributed by atoms with Gasteiger partial charge in [0.2, 0.25) is 0 Å². The normalized spacial score (nSPS) is 14.5. The lowest BCUT2D eigenvalue weighted by molar-refractivity contribution is 0.0796. The first kappa shape index (κ1) is 7.98. The molecule has 1 amide bonds. The smallest absolute Gasteiger partial charge is 0.256 e. The van der Waals surface area contributed by atoms with Gasteiger partial charge in [-0.05, 0) is 11.6 Å². The van der Waals surface area contributed by atoms with Crippen molar-refractivity contribution < 1.29 is 4.79 Å². The second kappa shape index (κ2) is 3.01. The van der Waals surface area contributed by atoms with Gasteiger partial charge in [0.05, 0.1) is 5.56 Å². The van der Waals surface area contributed by atoms with Crippen molar-refractivity contribution in [3.05, 3.63) is 42.2 Å². The summed E-state index contributed by atoms with van der Waals surface area (Å²) in [5.41, 5.74) is 1.78. The number of aromatic nitrogens is 1. The minimum absolute atomic E-state index is 0.0583. The Morgan fingerprint density at radius 3 is 3.23 bits per heavy atom. The van der Waals surface area contributed by atoms with Crippen LogP contribution in [0.25, 0.3) is 0 Å². The van der Waals surface area contributed by atoms with E-state index in [4.69, 9.17) is 0 Å². The van der Waals surface area contributed by atoms with Crippen LogP contribution in [0.15, 0.2) is 31.1 Å². The van der Waals surface area contributed by atoms with Gasteiger partial charge < -0.3 is 4.90 Å². The molecule has 0 saturated carbocycles. The van der Waals surface area contributed by atoms with Gasteiger partial charge in [-0.25, -0.2) is 0 Å². The van der Waals surface area contributed by atoms with Gasteiger partial charge in [-0.2, -0.15) is 0 Å². The Bertz CT molecular complexity index is 360. The molecule has 13 heavy (non-hydrogen) atoms. The largest absolute Gasteiger partial charge is 0.331 e. The molecule has 1 aromatic rings. The van der Waals surface area contributed by atoms with Crippen LogP contribution in [0.4, 0.5) is 0 Å². The van der Waals surface area contributed by atoms with Crippen molar-refractivity contribution in [2.45, 2.75) is 6.54 Å². The number of pyridine rings is 1. The fraction of sp³-hybridized carbons (Fsp3) is 0.200. The second-order valence-electron chi connectivity index (χ2n) is 3.01.